The highest BCUT2D eigenvalue weighted by Crippen LogP contribution is 2.38. The molecule has 2 heterocycles. The maximum atomic E-state index is 13.1. The number of nitrogens with zero attached hydrogens (tertiary/aromatic N) is 1. The highest BCUT2D eigenvalue weighted by atomic mass is 16.5. The van der Waals surface area contributed by atoms with Crippen LogP contribution in [0.25, 0.3) is 22.7 Å². The van der Waals surface area contributed by atoms with Crippen LogP contribution in [0.5, 0.6) is 0 Å². The fourth-order valence-corrected chi connectivity index (χ4v) is 3.93. The number of aromatic amines is 1. The average Bonchev–Trinajstić information content (AvgIpc) is 3.51. The van der Waals surface area contributed by atoms with Gasteiger partial charge in [0.05, 0.1) is 29.1 Å². The van der Waals surface area contributed by atoms with Gasteiger partial charge in [-0.25, -0.2) is 9.78 Å². The number of anilines is 2. The predicted molar refractivity (Wildman–Crippen MR) is 132 cm³/mol. The van der Waals surface area contributed by atoms with Crippen LogP contribution in [0.15, 0.2) is 85.2 Å². The van der Waals surface area contributed by atoms with E-state index in [9.17, 15) is 9.59 Å². The summed E-state index contributed by atoms with van der Waals surface area (Å²) in [6.45, 7) is 2.04. The number of rotatable bonds is 6. The molecule has 1 amide bonds. The Hall–Kier alpha value is -4.65. The minimum atomic E-state index is -0.421. The normalized spacial score (nSPS) is 13.7. The maximum absolute atomic E-state index is 13.1. The molecule has 34 heavy (non-hydrogen) atoms. The number of H-pyrrole nitrogens is 1. The Morgan fingerprint density at radius 1 is 1.00 bits per heavy atom. The van der Waals surface area contributed by atoms with E-state index in [1.165, 1.54) is 0 Å². The molecule has 7 heteroatoms. The highest BCUT2D eigenvalue weighted by molar-refractivity contribution is 6.37. The zero-order valence-electron chi connectivity index (χ0n) is 18.5. The summed E-state index contributed by atoms with van der Waals surface area (Å²) in [6.07, 6.45) is 3.49. The molecule has 0 radical (unpaired) electrons. The summed E-state index contributed by atoms with van der Waals surface area (Å²) >= 11 is 0. The van der Waals surface area contributed by atoms with Crippen LogP contribution in [0.2, 0.25) is 0 Å². The second-order valence-electron chi connectivity index (χ2n) is 7.69. The number of esters is 1. The summed E-state index contributed by atoms with van der Waals surface area (Å²) in [5.41, 5.74) is 5.52. The summed E-state index contributed by atoms with van der Waals surface area (Å²) in [4.78, 5) is 32.6. The number of aromatic nitrogens is 2. The van der Waals surface area contributed by atoms with Crippen molar-refractivity contribution in [2.45, 2.75) is 6.92 Å². The van der Waals surface area contributed by atoms with E-state index in [-0.39, 0.29) is 12.5 Å². The van der Waals surface area contributed by atoms with Crippen molar-refractivity contribution in [1.29, 1.82) is 0 Å². The molecule has 0 saturated heterocycles. The average molecular weight is 450 g/mol. The summed E-state index contributed by atoms with van der Waals surface area (Å²) in [7, 11) is 0. The van der Waals surface area contributed by atoms with Crippen molar-refractivity contribution in [2.24, 2.45) is 0 Å². The third-order valence-electron chi connectivity index (χ3n) is 5.51. The molecule has 0 atom stereocenters. The van der Waals surface area contributed by atoms with Crippen molar-refractivity contribution in [3.05, 3.63) is 102 Å². The van der Waals surface area contributed by atoms with E-state index < -0.39 is 5.97 Å². The lowest BCUT2D eigenvalue weighted by atomic mass is 9.99. The smallest absolute Gasteiger partial charge is 0.338 e. The SMILES string of the molecule is CCOC(=O)c1ccc2c(c1)NC(=O)C2=C(Nc1ccc(-c2ncc[nH]2)cc1)c1ccccc1. The molecule has 3 aromatic carbocycles. The van der Waals surface area contributed by atoms with Gasteiger partial charge in [0.2, 0.25) is 0 Å². The first kappa shape index (κ1) is 21.2. The van der Waals surface area contributed by atoms with Gasteiger partial charge < -0.3 is 20.4 Å². The molecule has 5 rings (SSSR count). The number of carbonyl (C=O) groups is 2. The van der Waals surface area contributed by atoms with Gasteiger partial charge in [-0.05, 0) is 48.9 Å². The topological polar surface area (TPSA) is 96.1 Å². The fraction of sp³-hybridized carbons (Fsp3) is 0.0741. The van der Waals surface area contributed by atoms with Crippen LogP contribution in [0, 0.1) is 0 Å². The molecular formula is C27H22N4O3. The Balaban J connectivity index is 1.56. The van der Waals surface area contributed by atoms with Gasteiger partial charge in [0, 0.05) is 29.2 Å². The van der Waals surface area contributed by atoms with E-state index in [0.717, 1.165) is 28.2 Å². The van der Waals surface area contributed by atoms with E-state index in [0.29, 0.717) is 22.5 Å². The van der Waals surface area contributed by atoms with Crippen molar-refractivity contribution in [3.63, 3.8) is 0 Å². The first-order valence-electron chi connectivity index (χ1n) is 10.9. The van der Waals surface area contributed by atoms with Gasteiger partial charge in [-0.1, -0.05) is 36.4 Å². The molecule has 0 fully saturated rings. The molecular weight excluding hydrogens is 428 g/mol. The van der Waals surface area contributed by atoms with E-state index in [4.69, 9.17) is 4.74 Å². The molecule has 0 aliphatic carbocycles. The van der Waals surface area contributed by atoms with Crippen molar-refractivity contribution < 1.29 is 14.3 Å². The van der Waals surface area contributed by atoms with Crippen LogP contribution in [-0.4, -0.2) is 28.5 Å². The number of nitrogens with one attached hydrogen (secondary N) is 3. The first-order valence-corrected chi connectivity index (χ1v) is 10.9. The largest absolute Gasteiger partial charge is 0.462 e. The number of benzene rings is 3. The molecule has 0 saturated carbocycles. The van der Waals surface area contributed by atoms with Gasteiger partial charge in [-0.3, -0.25) is 4.79 Å². The summed E-state index contributed by atoms with van der Waals surface area (Å²) in [5, 5.41) is 6.33. The van der Waals surface area contributed by atoms with Crippen LogP contribution < -0.4 is 10.6 Å². The van der Waals surface area contributed by atoms with Gasteiger partial charge in [0.1, 0.15) is 5.82 Å². The van der Waals surface area contributed by atoms with Crippen LogP contribution in [0.1, 0.15) is 28.4 Å². The van der Waals surface area contributed by atoms with Crippen molar-refractivity contribution >= 4 is 34.5 Å². The Kier molecular flexibility index (Phi) is 5.66. The summed E-state index contributed by atoms with van der Waals surface area (Å²) in [6, 6.07) is 22.6. The van der Waals surface area contributed by atoms with Crippen molar-refractivity contribution in [1.82, 2.24) is 9.97 Å². The Bertz CT molecular complexity index is 1380. The molecule has 0 bridgehead atoms. The third kappa shape index (κ3) is 4.06. The number of ether oxygens (including phenoxy) is 1. The zero-order valence-corrected chi connectivity index (χ0v) is 18.5. The molecule has 168 valence electrons. The highest BCUT2D eigenvalue weighted by Gasteiger charge is 2.29. The predicted octanol–water partition coefficient (Wildman–Crippen LogP) is 5.19. The third-order valence-corrected chi connectivity index (χ3v) is 5.51. The van der Waals surface area contributed by atoms with Crippen molar-refractivity contribution in [3.8, 4) is 11.4 Å². The number of hydrogen-bond acceptors (Lipinski definition) is 5. The van der Waals surface area contributed by atoms with Gasteiger partial charge >= 0.3 is 5.97 Å². The number of imidazole rings is 1. The maximum Gasteiger partial charge on any atom is 0.338 e. The Labute approximate surface area is 196 Å². The van der Waals surface area contributed by atoms with Gasteiger partial charge in [0.25, 0.3) is 5.91 Å². The van der Waals surface area contributed by atoms with Gasteiger partial charge in [-0.15, -0.1) is 0 Å². The molecule has 1 aliphatic rings. The quantitative estimate of drug-likeness (QED) is 0.278. The minimum absolute atomic E-state index is 0.241. The lowest BCUT2D eigenvalue weighted by Gasteiger charge is -2.15. The van der Waals surface area contributed by atoms with Crippen LogP contribution in [0.3, 0.4) is 0 Å². The number of carbonyl (C=O) groups excluding carboxylic acids is 2. The number of fused-ring (bicyclic) bond motifs is 1. The standard InChI is InChI=1S/C27H22N4O3/c1-2-34-27(33)19-10-13-21-22(16-19)31-26(32)23(21)24(17-6-4-3-5-7-17)30-20-11-8-18(9-12-20)25-28-14-15-29-25/h3-16,30H,2H2,1H3,(H,28,29)(H,31,32). The van der Waals surface area contributed by atoms with E-state index in [2.05, 4.69) is 20.6 Å². The molecule has 1 aliphatic heterocycles. The van der Waals surface area contributed by atoms with Gasteiger partial charge in [-0.2, -0.15) is 0 Å². The van der Waals surface area contributed by atoms with Crippen LogP contribution >= 0.6 is 0 Å². The lowest BCUT2D eigenvalue weighted by molar-refractivity contribution is -0.110. The Morgan fingerprint density at radius 3 is 2.50 bits per heavy atom. The van der Waals surface area contributed by atoms with Crippen LogP contribution in [-0.2, 0) is 9.53 Å². The minimum Gasteiger partial charge on any atom is -0.462 e. The second-order valence-corrected chi connectivity index (χ2v) is 7.69. The molecule has 3 N–H and O–H groups in total. The molecule has 1 aromatic heterocycles. The summed E-state index contributed by atoms with van der Waals surface area (Å²) < 4.78 is 5.09. The first-order chi connectivity index (χ1) is 16.6. The Morgan fingerprint density at radius 2 is 1.79 bits per heavy atom. The van der Waals surface area contributed by atoms with Crippen molar-refractivity contribution in [2.75, 3.05) is 17.2 Å². The second kappa shape index (κ2) is 9.07. The van der Waals surface area contributed by atoms with E-state index >= 15 is 0 Å². The van der Waals surface area contributed by atoms with E-state index in [1.807, 2.05) is 54.6 Å². The number of hydrogen-bond donors (Lipinski definition) is 3. The molecule has 4 aromatic rings. The molecule has 7 nitrogen and oxygen atoms in total. The molecule has 0 unspecified atom stereocenters. The molecule has 0 spiro atoms. The zero-order chi connectivity index (χ0) is 23.5. The lowest BCUT2D eigenvalue weighted by Crippen LogP contribution is -2.10. The van der Waals surface area contributed by atoms with E-state index in [1.54, 1.807) is 37.5 Å². The number of amides is 1. The van der Waals surface area contributed by atoms with Gasteiger partial charge in [0.15, 0.2) is 0 Å². The summed E-state index contributed by atoms with van der Waals surface area (Å²) in [5.74, 6) is 0.124. The van der Waals surface area contributed by atoms with Crippen LogP contribution in [0.4, 0.5) is 11.4 Å². The monoisotopic (exact) mass is 450 g/mol. The fourth-order valence-electron chi connectivity index (χ4n) is 3.93.